The molecule has 4 atom stereocenters. The molecular weight excluding hydrogens is 359 g/mol. The lowest BCUT2D eigenvalue weighted by atomic mass is 9.75. The van der Waals surface area contributed by atoms with Crippen molar-refractivity contribution >= 4 is 23.3 Å². The van der Waals surface area contributed by atoms with Crippen molar-refractivity contribution in [2.24, 2.45) is 17.8 Å². The van der Waals surface area contributed by atoms with Crippen molar-refractivity contribution in [3.63, 3.8) is 0 Å². The van der Waals surface area contributed by atoms with Crippen molar-refractivity contribution in [1.82, 2.24) is 0 Å². The van der Waals surface area contributed by atoms with Crippen molar-refractivity contribution in [3.8, 4) is 0 Å². The van der Waals surface area contributed by atoms with Gasteiger partial charge in [-0.2, -0.15) is 0 Å². The Kier molecular flexibility index (Phi) is 6.66. The first-order chi connectivity index (χ1) is 12.5. The molecule has 1 unspecified atom stereocenters. The number of hydrogen-bond acceptors (Lipinski definition) is 3. The molecule has 0 N–H and O–H groups in total. The predicted molar refractivity (Wildman–Crippen MR) is 112 cm³/mol. The number of hydrogen-bond donors (Lipinski definition) is 0. The molecule has 3 rings (SSSR count). The van der Waals surface area contributed by atoms with Gasteiger partial charge in [-0.15, -0.1) is 0 Å². The van der Waals surface area contributed by atoms with Gasteiger partial charge in [-0.1, -0.05) is 63.6 Å². The van der Waals surface area contributed by atoms with Gasteiger partial charge >= 0.3 is 0 Å². The highest BCUT2D eigenvalue weighted by Gasteiger charge is 2.38. The minimum atomic E-state index is -3.05. The van der Waals surface area contributed by atoms with Gasteiger partial charge in [-0.25, -0.2) is 0 Å². The Morgan fingerprint density at radius 3 is 2.23 bits per heavy atom. The van der Waals surface area contributed by atoms with Gasteiger partial charge in [0.2, 0.25) is 0 Å². The molecule has 0 radical (unpaired) electrons. The molecule has 0 spiro atoms. The van der Waals surface area contributed by atoms with E-state index in [9.17, 15) is 4.57 Å². The summed E-state index contributed by atoms with van der Waals surface area (Å²) in [4.78, 5) is 0.990. The largest absolute Gasteiger partial charge is 0.314 e. The Labute approximate surface area is 161 Å². The van der Waals surface area contributed by atoms with Gasteiger partial charge in [-0.05, 0) is 66.2 Å². The van der Waals surface area contributed by atoms with E-state index in [1.165, 1.54) is 17.8 Å². The Morgan fingerprint density at radius 2 is 1.62 bits per heavy atom. The fourth-order valence-electron chi connectivity index (χ4n) is 3.78. The molecule has 0 heterocycles. The lowest BCUT2D eigenvalue weighted by molar-refractivity contribution is 0.0527. The van der Waals surface area contributed by atoms with Gasteiger partial charge in [0.15, 0.2) is 0 Å². The van der Waals surface area contributed by atoms with Crippen LogP contribution in [-0.2, 0) is 9.09 Å². The summed E-state index contributed by atoms with van der Waals surface area (Å²) in [5, 5.41) is 0.801. The van der Waals surface area contributed by atoms with Gasteiger partial charge in [0.1, 0.15) is 0 Å². The molecule has 0 aromatic heterocycles. The van der Waals surface area contributed by atoms with E-state index < -0.39 is 6.57 Å². The third kappa shape index (κ3) is 4.82. The molecule has 140 valence electrons. The van der Waals surface area contributed by atoms with Crippen molar-refractivity contribution in [2.75, 3.05) is 0 Å². The van der Waals surface area contributed by atoms with Crippen LogP contribution in [0.2, 0.25) is 0 Å². The first kappa shape index (κ1) is 19.7. The molecule has 2 nitrogen and oxygen atoms in total. The van der Waals surface area contributed by atoms with Crippen LogP contribution >= 0.6 is 18.0 Å². The standard InChI is InChI=1S/C22H29O2PS/c1-17(2)21-15-14-18(3)16-22(21)24-25(23,19-10-6-4-7-11-19)26-20-12-8-5-9-13-20/h4-13,17-18,21-22H,14-16H2,1-3H3/t18-,21+,22-,25?/m1/s1. The maximum atomic E-state index is 14.1. The summed E-state index contributed by atoms with van der Waals surface area (Å²) < 4.78 is 20.6. The van der Waals surface area contributed by atoms with Gasteiger partial charge in [0.05, 0.1) is 6.10 Å². The second-order valence-electron chi connectivity index (χ2n) is 7.71. The smallest absolute Gasteiger partial charge is 0.291 e. The van der Waals surface area contributed by atoms with Crippen LogP contribution in [0.5, 0.6) is 0 Å². The van der Waals surface area contributed by atoms with Gasteiger partial charge in [0, 0.05) is 10.2 Å². The van der Waals surface area contributed by atoms with Crippen LogP contribution in [0.3, 0.4) is 0 Å². The van der Waals surface area contributed by atoms with E-state index in [1.807, 2.05) is 60.7 Å². The zero-order chi connectivity index (χ0) is 18.6. The highest BCUT2D eigenvalue weighted by atomic mass is 32.7. The number of rotatable bonds is 6. The minimum absolute atomic E-state index is 0.0565. The van der Waals surface area contributed by atoms with E-state index in [1.54, 1.807) is 0 Å². The molecule has 4 heteroatoms. The van der Waals surface area contributed by atoms with Crippen molar-refractivity contribution in [3.05, 3.63) is 60.7 Å². The van der Waals surface area contributed by atoms with E-state index in [2.05, 4.69) is 20.8 Å². The molecule has 1 fully saturated rings. The van der Waals surface area contributed by atoms with E-state index >= 15 is 0 Å². The van der Waals surface area contributed by atoms with E-state index in [4.69, 9.17) is 4.52 Å². The molecule has 2 aromatic rings. The van der Waals surface area contributed by atoms with Gasteiger partial charge in [0.25, 0.3) is 6.57 Å². The first-order valence-electron chi connectivity index (χ1n) is 9.56. The number of benzene rings is 2. The van der Waals surface area contributed by atoms with Crippen molar-refractivity contribution in [2.45, 2.75) is 51.0 Å². The molecule has 1 aliphatic rings. The molecule has 1 saturated carbocycles. The Bertz CT molecular complexity index is 732. The average molecular weight is 389 g/mol. The molecule has 26 heavy (non-hydrogen) atoms. The van der Waals surface area contributed by atoms with Crippen LogP contribution in [0, 0.1) is 17.8 Å². The van der Waals surface area contributed by atoms with Crippen LogP contribution in [0.25, 0.3) is 0 Å². The minimum Gasteiger partial charge on any atom is -0.314 e. The van der Waals surface area contributed by atoms with E-state index in [0.717, 1.165) is 23.0 Å². The van der Waals surface area contributed by atoms with Crippen molar-refractivity contribution < 1.29 is 9.09 Å². The Morgan fingerprint density at radius 1 is 1.00 bits per heavy atom. The normalized spacial score (nSPS) is 25.8. The highest BCUT2D eigenvalue weighted by Crippen LogP contribution is 2.63. The van der Waals surface area contributed by atoms with Gasteiger partial charge in [-0.3, -0.25) is 4.57 Å². The zero-order valence-electron chi connectivity index (χ0n) is 15.9. The molecule has 0 amide bonds. The summed E-state index contributed by atoms with van der Waals surface area (Å²) in [6.45, 7) is 3.75. The molecule has 0 saturated heterocycles. The summed E-state index contributed by atoms with van der Waals surface area (Å²) in [6, 6.07) is 19.7. The maximum absolute atomic E-state index is 14.1. The summed E-state index contributed by atoms with van der Waals surface area (Å²) in [6.07, 6.45) is 3.45. The van der Waals surface area contributed by atoms with Crippen LogP contribution in [0.4, 0.5) is 0 Å². The molecule has 0 bridgehead atoms. The fourth-order valence-corrected chi connectivity index (χ4v) is 8.08. The predicted octanol–water partition coefficient (Wildman–Crippen LogP) is 6.77. The van der Waals surface area contributed by atoms with Gasteiger partial charge < -0.3 is 4.52 Å². The fraction of sp³-hybridized carbons (Fsp3) is 0.455. The van der Waals surface area contributed by atoms with E-state index in [0.29, 0.717) is 17.8 Å². The van der Waals surface area contributed by atoms with Crippen LogP contribution in [0.15, 0.2) is 65.6 Å². The Hall–Kier alpha value is -1.02. The lowest BCUT2D eigenvalue weighted by Gasteiger charge is -2.38. The third-order valence-corrected chi connectivity index (χ3v) is 9.72. The SMILES string of the molecule is CC(C)[C@@H]1CC[C@@H](C)C[C@H]1OP(=O)(Sc1ccccc1)c1ccccc1. The second-order valence-corrected chi connectivity index (χ2v) is 12.1. The summed E-state index contributed by atoms with van der Waals surface area (Å²) in [7, 11) is 0. The third-order valence-electron chi connectivity index (χ3n) is 5.28. The quantitative estimate of drug-likeness (QED) is 0.511. The summed E-state index contributed by atoms with van der Waals surface area (Å²) in [5.74, 6) is 1.64. The van der Waals surface area contributed by atoms with Crippen LogP contribution < -0.4 is 5.30 Å². The summed E-state index contributed by atoms with van der Waals surface area (Å²) in [5.41, 5.74) is 0. The van der Waals surface area contributed by atoms with Crippen LogP contribution in [0.1, 0.15) is 40.0 Å². The van der Waals surface area contributed by atoms with Crippen molar-refractivity contribution in [1.29, 1.82) is 0 Å². The second kappa shape index (κ2) is 8.78. The molecular formula is C22H29O2PS. The molecule has 1 aliphatic carbocycles. The lowest BCUT2D eigenvalue weighted by Crippen LogP contribution is -2.34. The average Bonchev–Trinajstić information content (AvgIpc) is 2.63. The monoisotopic (exact) mass is 388 g/mol. The molecule has 0 aliphatic heterocycles. The maximum Gasteiger partial charge on any atom is 0.291 e. The first-order valence-corrected chi connectivity index (χ1v) is 12.6. The van der Waals surface area contributed by atoms with E-state index in [-0.39, 0.29) is 6.10 Å². The van der Waals surface area contributed by atoms with Crippen LogP contribution in [-0.4, -0.2) is 6.10 Å². The zero-order valence-corrected chi connectivity index (χ0v) is 17.6. The Balaban J connectivity index is 1.91. The summed E-state index contributed by atoms with van der Waals surface area (Å²) >= 11 is 1.39. The molecule has 2 aromatic carbocycles. The highest BCUT2D eigenvalue weighted by molar-refractivity contribution is 8.58. The topological polar surface area (TPSA) is 26.3 Å².